The summed E-state index contributed by atoms with van der Waals surface area (Å²) in [5, 5.41) is 7.50. The van der Waals surface area contributed by atoms with Crippen molar-refractivity contribution in [2.75, 3.05) is 20.4 Å². The Morgan fingerprint density at radius 3 is 2.73 bits per heavy atom. The lowest BCUT2D eigenvalue weighted by molar-refractivity contribution is -0.0505. The topological polar surface area (TPSA) is 79.9 Å². The van der Waals surface area contributed by atoms with Crippen LogP contribution in [-0.2, 0) is 13.0 Å². The minimum absolute atomic E-state index is 0.0373. The van der Waals surface area contributed by atoms with Crippen LogP contribution in [0.15, 0.2) is 47.5 Å². The van der Waals surface area contributed by atoms with Crippen LogP contribution >= 0.6 is 0 Å². The van der Waals surface area contributed by atoms with E-state index >= 15 is 0 Å². The number of aliphatic imine (C=N–C) groups is 1. The Balaban J connectivity index is 1.35. The highest BCUT2D eigenvalue weighted by Gasteiger charge is 2.20. The van der Waals surface area contributed by atoms with Gasteiger partial charge in [0, 0.05) is 49.4 Å². The number of H-pyrrole nitrogens is 1. The van der Waals surface area contributed by atoms with Crippen LogP contribution in [0.5, 0.6) is 17.2 Å². The third-order valence-electron chi connectivity index (χ3n) is 4.71. The number of nitrogens with one attached hydrogen (secondary N) is 3. The van der Waals surface area contributed by atoms with Crippen molar-refractivity contribution < 1.29 is 23.0 Å². The molecule has 7 nitrogen and oxygen atoms in total. The average Bonchev–Trinajstić information content (AvgIpc) is 3.35. The number of rotatable bonds is 7. The van der Waals surface area contributed by atoms with E-state index < -0.39 is 6.61 Å². The molecule has 0 fully saturated rings. The molecular weight excluding hydrogens is 394 g/mol. The molecule has 0 spiro atoms. The number of hydrogen-bond acceptors (Lipinski definition) is 4. The number of ether oxygens (including phenoxy) is 3. The standard InChI is InChI=1S/C21H22F2N4O3/c1-24-21(25-7-6-15-8-13-4-2-3-5-16(13)27-15)26-11-14-9-18-19(29-12-28-18)10-17(14)30-20(22)23/h2-5,8-10,20,27H,6-7,11-12H2,1H3,(H2,24,25,26). The summed E-state index contributed by atoms with van der Waals surface area (Å²) < 4.78 is 40.7. The highest BCUT2D eigenvalue weighted by molar-refractivity contribution is 5.81. The quantitative estimate of drug-likeness (QED) is 0.406. The first-order valence-corrected chi connectivity index (χ1v) is 9.51. The summed E-state index contributed by atoms with van der Waals surface area (Å²) in [4.78, 5) is 7.56. The van der Waals surface area contributed by atoms with Gasteiger partial charge in [-0.3, -0.25) is 4.99 Å². The lowest BCUT2D eigenvalue weighted by atomic mass is 10.1. The first kappa shape index (κ1) is 19.8. The van der Waals surface area contributed by atoms with Gasteiger partial charge in [0.2, 0.25) is 6.79 Å². The van der Waals surface area contributed by atoms with Gasteiger partial charge in [0.1, 0.15) is 5.75 Å². The van der Waals surface area contributed by atoms with Gasteiger partial charge in [0.05, 0.1) is 0 Å². The van der Waals surface area contributed by atoms with Crippen molar-refractivity contribution in [1.82, 2.24) is 15.6 Å². The third kappa shape index (κ3) is 4.56. The Labute approximate surface area is 172 Å². The van der Waals surface area contributed by atoms with E-state index in [1.54, 1.807) is 13.1 Å². The van der Waals surface area contributed by atoms with Crippen LogP contribution in [0.4, 0.5) is 8.78 Å². The Bertz CT molecular complexity index is 1020. The number of benzene rings is 2. The largest absolute Gasteiger partial charge is 0.454 e. The maximum atomic E-state index is 12.8. The number of nitrogens with zero attached hydrogens (tertiary/aromatic N) is 1. The van der Waals surface area contributed by atoms with Crippen molar-refractivity contribution in [1.29, 1.82) is 0 Å². The molecule has 4 rings (SSSR count). The third-order valence-corrected chi connectivity index (χ3v) is 4.71. The molecular formula is C21H22F2N4O3. The zero-order chi connectivity index (χ0) is 20.9. The number of para-hydroxylation sites is 1. The second-order valence-electron chi connectivity index (χ2n) is 6.68. The van der Waals surface area contributed by atoms with Crippen molar-refractivity contribution in [2.24, 2.45) is 4.99 Å². The second kappa shape index (κ2) is 8.89. The fourth-order valence-corrected chi connectivity index (χ4v) is 3.29. The smallest absolute Gasteiger partial charge is 0.387 e. The van der Waals surface area contributed by atoms with Gasteiger partial charge in [-0.2, -0.15) is 8.78 Å². The molecule has 0 saturated carbocycles. The normalized spacial score (nSPS) is 13.1. The van der Waals surface area contributed by atoms with E-state index in [9.17, 15) is 8.78 Å². The van der Waals surface area contributed by atoms with Crippen LogP contribution in [0.2, 0.25) is 0 Å². The van der Waals surface area contributed by atoms with E-state index in [4.69, 9.17) is 9.47 Å². The molecule has 2 heterocycles. The molecule has 9 heteroatoms. The number of guanidine groups is 1. The Morgan fingerprint density at radius 2 is 1.97 bits per heavy atom. The first-order chi connectivity index (χ1) is 14.6. The fraction of sp³-hybridized carbons (Fsp3) is 0.286. The highest BCUT2D eigenvalue weighted by Crippen LogP contribution is 2.38. The number of aromatic nitrogens is 1. The number of hydrogen-bond donors (Lipinski definition) is 3. The van der Waals surface area contributed by atoms with Gasteiger partial charge in [-0.15, -0.1) is 0 Å². The number of fused-ring (bicyclic) bond motifs is 2. The summed E-state index contributed by atoms with van der Waals surface area (Å²) in [6, 6.07) is 13.3. The Hall–Kier alpha value is -3.49. The molecule has 0 saturated heterocycles. The van der Waals surface area contributed by atoms with Gasteiger partial charge >= 0.3 is 6.61 Å². The van der Waals surface area contributed by atoms with Gasteiger partial charge in [-0.1, -0.05) is 18.2 Å². The van der Waals surface area contributed by atoms with Crippen molar-refractivity contribution in [3.8, 4) is 17.2 Å². The molecule has 0 amide bonds. The summed E-state index contributed by atoms with van der Waals surface area (Å²) in [7, 11) is 1.65. The van der Waals surface area contributed by atoms with Crippen LogP contribution in [0.1, 0.15) is 11.3 Å². The highest BCUT2D eigenvalue weighted by atomic mass is 19.3. The molecule has 3 aromatic rings. The zero-order valence-corrected chi connectivity index (χ0v) is 16.4. The maximum absolute atomic E-state index is 12.8. The van der Waals surface area contributed by atoms with Crippen molar-refractivity contribution in [2.45, 2.75) is 19.6 Å². The van der Waals surface area contributed by atoms with Crippen molar-refractivity contribution in [3.05, 3.63) is 53.7 Å². The van der Waals surface area contributed by atoms with Crippen molar-refractivity contribution >= 4 is 16.9 Å². The second-order valence-corrected chi connectivity index (χ2v) is 6.68. The monoisotopic (exact) mass is 416 g/mol. The van der Waals surface area contributed by atoms with Gasteiger partial charge in [0.15, 0.2) is 17.5 Å². The van der Waals surface area contributed by atoms with Crippen LogP contribution in [0.3, 0.4) is 0 Å². The van der Waals surface area contributed by atoms with Crippen LogP contribution in [0, 0.1) is 0 Å². The molecule has 0 radical (unpaired) electrons. The van der Waals surface area contributed by atoms with E-state index in [1.165, 1.54) is 11.5 Å². The van der Waals surface area contributed by atoms with Gasteiger partial charge < -0.3 is 29.8 Å². The van der Waals surface area contributed by atoms with E-state index in [0.717, 1.165) is 17.6 Å². The van der Waals surface area contributed by atoms with Gasteiger partial charge in [-0.05, 0) is 23.6 Å². The molecule has 30 heavy (non-hydrogen) atoms. The molecule has 3 N–H and O–H groups in total. The van der Waals surface area contributed by atoms with E-state index in [-0.39, 0.29) is 19.1 Å². The fourth-order valence-electron chi connectivity index (χ4n) is 3.29. The summed E-state index contributed by atoms with van der Waals surface area (Å²) >= 11 is 0. The van der Waals surface area contributed by atoms with E-state index in [2.05, 4.69) is 37.5 Å². The van der Waals surface area contributed by atoms with Gasteiger partial charge in [0.25, 0.3) is 0 Å². The van der Waals surface area contributed by atoms with Crippen molar-refractivity contribution in [3.63, 3.8) is 0 Å². The van der Waals surface area contributed by atoms with Crippen LogP contribution in [-0.4, -0.2) is 37.9 Å². The summed E-state index contributed by atoms with van der Waals surface area (Å²) in [5.41, 5.74) is 2.73. The summed E-state index contributed by atoms with van der Waals surface area (Å²) in [6.45, 7) is -2.01. The zero-order valence-electron chi connectivity index (χ0n) is 16.4. The summed E-state index contributed by atoms with van der Waals surface area (Å²) in [6.07, 6.45) is 0.777. The maximum Gasteiger partial charge on any atom is 0.387 e. The molecule has 1 aromatic heterocycles. The Morgan fingerprint density at radius 1 is 1.17 bits per heavy atom. The molecule has 0 bridgehead atoms. The molecule has 158 valence electrons. The number of alkyl halides is 2. The molecule has 1 aliphatic rings. The van der Waals surface area contributed by atoms with E-state index in [1.807, 2.05) is 18.2 Å². The molecule has 0 unspecified atom stereocenters. The molecule has 0 atom stereocenters. The van der Waals surface area contributed by atoms with Gasteiger partial charge in [-0.25, -0.2) is 0 Å². The SMILES string of the molecule is CN=C(NCCc1cc2ccccc2[nH]1)NCc1cc2c(cc1OC(F)F)OCO2. The average molecular weight is 416 g/mol. The van der Waals surface area contributed by atoms with Crippen LogP contribution in [0.25, 0.3) is 10.9 Å². The lowest BCUT2D eigenvalue weighted by Gasteiger charge is -2.15. The lowest BCUT2D eigenvalue weighted by Crippen LogP contribution is -2.38. The number of aromatic amines is 1. The summed E-state index contributed by atoms with van der Waals surface area (Å²) in [5.74, 6) is 1.47. The predicted octanol–water partition coefficient (Wildman–Crippen LogP) is 3.41. The molecule has 2 aromatic carbocycles. The Kier molecular flexibility index (Phi) is 5.87. The number of halogens is 2. The van der Waals surface area contributed by atoms with Crippen LogP contribution < -0.4 is 24.8 Å². The first-order valence-electron chi connectivity index (χ1n) is 9.51. The molecule has 1 aliphatic heterocycles. The minimum atomic E-state index is -2.93. The van der Waals surface area contributed by atoms with E-state index in [0.29, 0.717) is 29.6 Å². The molecule has 0 aliphatic carbocycles. The minimum Gasteiger partial charge on any atom is -0.454 e. The predicted molar refractivity (Wildman–Crippen MR) is 109 cm³/mol.